The van der Waals surface area contributed by atoms with Crippen LogP contribution in [0.4, 0.5) is 4.79 Å². The molecule has 0 fully saturated rings. The molecule has 58 valence electrons. The molecule has 8 nitrogen and oxygen atoms in total. The van der Waals surface area contributed by atoms with Crippen LogP contribution in [0.2, 0.25) is 0 Å². The van der Waals surface area contributed by atoms with E-state index in [0.29, 0.717) is 0 Å². The largest absolute Gasteiger partial charge is 0.352 e. The van der Waals surface area contributed by atoms with Gasteiger partial charge in [-0.1, -0.05) is 0 Å². The van der Waals surface area contributed by atoms with Crippen molar-refractivity contribution in [3.05, 3.63) is 10.1 Å². The number of nitrogens with two attached hydrogens (primary N) is 2. The van der Waals surface area contributed by atoms with Crippen molar-refractivity contribution in [3.8, 4) is 0 Å². The molecule has 0 aromatic heterocycles. The van der Waals surface area contributed by atoms with Gasteiger partial charge in [0.25, 0.3) is 5.09 Å². The maximum absolute atomic E-state index is 9.00. The second-order valence-corrected chi connectivity index (χ2v) is 0.640. The minimum Gasteiger partial charge on any atom is -0.352 e. The quantitative estimate of drug-likeness (QED) is 0.201. The molecule has 0 aromatic rings. The first-order valence-corrected chi connectivity index (χ1v) is 1.35. The molecule has 0 bridgehead atoms. The number of nitrogens with zero attached hydrogens (tertiary/aromatic N) is 1. The van der Waals surface area contributed by atoms with Crippen LogP contribution in [-0.2, 0) is 0 Å². The Hall–Kier alpha value is -0.310. The van der Waals surface area contributed by atoms with Gasteiger partial charge in [-0.25, -0.2) is 4.79 Å². The number of carbonyl (C=O) groups is 1. The molecule has 0 saturated carbocycles. The minimum absolute atomic E-state index is 0. The Morgan fingerprint density at radius 2 is 1.50 bits per heavy atom. The average Bonchev–Trinajstić information content (AvgIpc) is 1.25. The van der Waals surface area contributed by atoms with Gasteiger partial charge < -0.3 is 22.8 Å². The molecule has 10 heavy (non-hydrogen) atoms. The second kappa shape index (κ2) is 15.9. The first-order valence-electron chi connectivity index (χ1n) is 1.35. The van der Waals surface area contributed by atoms with Crippen LogP contribution in [0.3, 0.4) is 0 Å². The summed E-state index contributed by atoms with van der Waals surface area (Å²) >= 11 is 0. The average molecular weight is 180 g/mol. The Balaban J connectivity index is -0.0000000300. The molecule has 0 aliphatic rings. The summed E-state index contributed by atoms with van der Waals surface area (Å²) < 4.78 is 0. The second-order valence-electron chi connectivity index (χ2n) is 0.640. The molecule has 0 rings (SSSR count). The molecule has 0 spiro atoms. The molecular weight excluding hydrogens is 172 g/mol. The molecule has 0 aliphatic heterocycles. The molecule has 0 aromatic carbocycles. The maximum Gasteiger partial charge on any atom is 0.309 e. The molecule has 0 saturated heterocycles. The molecular formula is CH8CaN4O4. The van der Waals surface area contributed by atoms with Crippen molar-refractivity contribution in [1.82, 2.24) is 6.15 Å². The van der Waals surface area contributed by atoms with E-state index in [9.17, 15) is 0 Å². The molecule has 9 heteroatoms. The normalized spacial score (nSPS) is 4.80. The number of hydrogen-bond acceptors (Lipinski definition) is 4. The zero-order valence-corrected chi connectivity index (χ0v) is 7.40. The summed E-state index contributed by atoms with van der Waals surface area (Å²) in [5.74, 6) is 0. The predicted molar refractivity (Wildman–Crippen MR) is 33.3 cm³/mol. The van der Waals surface area contributed by atoms with Crippen molar-refractivity contribution in [2.45, 2.75) is 0 Å². The molecule has 8 N–H and O–H groups in total. The SMILES string of the molecule is N.NC(N)=O.O=[N+]([O-])O.[Ca]. The van der Waals surface area contributed by atoms with Crippen LogP contribution >= 0.6 is 0 Å². The number of carbonyl (C=O) groups excluding carboxylic acids is 1. The van der Waals surface area contributed by atoms with Crippen LogP contribution < -0.4 is 17.6 Å². The Morgan fingerprint density at radius 3 is 1.50 bits per heavy atom. The minimum atomic E-state index is -1.50. The Morgan fingerprint density at radius 1 is 1.50 bits per heavy atom. The van der Waals surface area contributed by atoms with Gasteiger partial charge in [0, 0.05) is 37.7 Å². The van der Waals surface area contributed by atoms with Crippen molar-refractivity contribution < 1.29 is 15.1 Å². The van der Waals surface area contributed by atoms with Gasteiger partial charge in [0.2, 0.25) is 0 Å². The standard InChI is InChI=1S/CH4N2O.Ca.HNO3.H3N/c2-1(3)4;;2-1(3)4;/h(H4,2,3,4);;(H,2,3,4);1H3. The number of rotatable bonds is 0. The summed E-state index contributed by atoms with van der Waals surface area (Å²) in [6.07, 6.45) is 0. The van der Waals surface area contributed by atoms with E-state index >= 15 is 0 Å². The number of hydrogen-bond donors (Lipinski definition) is 4. The first kappa shape index (κ1) is 22.6. The molecule has 0 unspecified atom stereocenters. The number of primary amides is 2. The summed E-state index contributed by atoms with van der Waals surface area (Å²) in [7, 11) is 0. The van der Waals surface area contributed by atoms with Gasteiger partial charge in [-0.05, 0) is 0 Å². The number of urea groups is 1. The maximum atomic E-state index is 9.00. The van der Waals surface area contributed by atoms with Gasteiger partial charge in [0.1, 0.15) is 0 Å². The van der Waals surface area contributed by atoms with Crippen molar-refractivity contribution in [2.24, 2.45) is 11.5 Å². The van der Waals surface area contributed by atoms with E-state index in [-0.39, 0.29) is 43.9 Å². The van der Waals surface area contributed by atoms with Crippen molar-refractivity contribution in [3.63, 3.8) is 0 Å². The third-order valence-corrected chi connectivity index (χ3v) is 0. The Labute approximate surface area is 86.2 Å². The summed E-state index contributed by atoms with van der Waals surface area (Å²) in [5.41, 5.74) is 8.50. The molecule has 2 amide bonds. The van der Waals surface area contributed by atoms with Crippen LogP contribution in [0.15, 0.2) is 0 Å². The fraction of sp³-hybridized carbons (Fsp3) is 0. The topological polar surface area (TPSA) is 167 Å². The third kappa shape index (κ3) is 3580. The fourth-order valence-electron chi connectivity index (χ4n) is 0. The van der Waals surface area contributed by atoms with Crippen LogP contribution in [-0.4, -0.2) is 54.1 Å². The van der Waals surface area contributed by atoms with Crippen LogP contribution in [0.5, 0.6) is 0 Å². The number of amides is 2. The summed E-state index contributed by atoms with van der Waals surface area (Å²) in [6.45, 7) is 0. The Bertz CT molecular complexity index is 75.3. The fourth-order valence-corrected chi connectivity index (χ4v) is 0. The van der Waals surface area contributed by atoms with Crippen molar-refractivity contribution in [1.29, 1.82) is 0 Å². The van der Waals surface area contributed by atoms with E-state index in [1.165, 1.54) is 0 Å². The molecule has 2 radical (unpaired) electrons. The van der Waals surface area contributed by atoms with E-state index in [0.717, 1.165) is 0 Å². The molecule has 0 atom stereocenters. The van der Waals surface area contributed by atoms with Crippen molar-refractivity contribution in [2.75, 3.05) is 0 Å². The van der Waals surface area contributed by atoms with Crippen molar-refractivity contribution >= 4 is 43.8 Å². The summed E-state index contributed by atoms with van der Waals surface area (Å²) in [4.78, 5) is 17.4. The van der Waals surface area contributed by atoms with Crippen LogP contribution in [0.25, 0.3) is 0 Å². The molecule has 0 aliphatic carbocycles. The van der Waals surface area contributed by atoms with Gasteiger partial charge in [-0.3, -0.25) is 0 Å². The zero-order chi connectivity index (χ0) is 7.15. The smallest absolute Gasteiger partial charge is 0.309 e. The van der Waals surface area contributed by atoms with Crippen LogP contribution in [0, 0.1) is 10.1 Å². The van der Waals surface area contributed by atoms with Gasteiger partial charge >= 0.3 is 6.03 Å². The van der Waals surface area contributed by atoms with E-state index in [2.05, 4.69) is 11.5 Å². The molecule has 0 heterocycles. The monoisotopic (exact) mass is 180 g/mol. The first-order chi connectivity index (χ1) is 3.46. The Kier molecular flexibility index (Phi) is 35.9. The third-order valence-electron chi connectivity index (χ3n) is 0. The van der Waals surface area contributed by atoms with Gasteiger partial charge in [-0.2, -0.15) is 0 Å². The van der Waals surface area contributed by atoms with E-state index in [1.807, 2.05) is 0 Å². The zero-order valence-electron chi connectivity index (χ0n) is 5.19. The van der Waals surface area contributed by atoms with E-state index < -0.39 is 11.1 Å². The summed E-state index contributed by atoms with van der Waals surface area (Å²) in [6, 6.07) is -0.833. The van der Waals surface area contributed by atoms with Gasteiger partial charge in [0.05, 0.1) is 0 Å². The van der Waals surface area contributed by atoms with Gasteiger partial charge in [-0.15, -0.1) is 10.1 Å². The predicted octanol–water partition coefficient (Wildman–Crippen LogP) is -1.54. The van der Waals surface area contributed by atoms with E-state index in [4.69, 9.17) is 20.1 Å². The summed E-state index contributed by atoms with van der Waals surface area (Å²) in [5, 5.41) is 13.6. The van der Waals surface area contributed by atoms with E-state index in [1.54, 1.807) is 0 Å². The van der Waals surface area contributed by atoms with Crippen LogP contribution in [0.1, 0.15) is 0 Å². The van der Waals surface area contributed by atoms with Gasteiger partial charge in [0.15, 0.2) is 0 Å².